The Morgan fingerprint density at radius 3 is 2.90 bits per heavy atom. The fourth-order valence-electron chi connectivity index (χ4n) is 2.77. The summed E-state index contributed by atoms with van der Waals surface area (Å²) in [6.07, 6.45) is 3.03. The Hall–Kier alpha value is -1.68. The monoisotopic (exact) mass is 271 g/mol. The van der Waals surface area contributed by atoms with Crippen LogP contribution < -0.4 is 0 Å². The van der Waals surface area contributed by atoms with E-state index in [1.54, 1.807) is 0 Å². The molecule has 1 aliphatic rings. The van der Waals surface area contributed by atoms with Gasteiger partial charge in [0.25, 0.3) is 0 Å². The number of benzene rings is 1. The second-order valence-corrected chi connectivity index (χ2v) is 5.46. The molecule has 0 saturated carbocycles. The molecule has 0 fully saturated rings. The van der Waals surface area contributed by atoms with Gasteiger partial charge in [0, 0.05) is 19.5 Å². The zero-order chi connectivity index (χ0) is 13.9. The van der Waals surface area contributed by atoms with E-state index in [1.165, 1.54) is 11.1 Å². The van der Waals surface area contributed by atoms with Crippen LogP contribution in [0.15, 0.2) is 28.8 Å². The Labute approximate surface area is 119 Å². The van der Waals surface area contributed by atoms with E-state index in [-0.39, 0.29) is 6.04 Å². The summed E-state index contributed by atoms with van der Waals surface area (Å²) in [5.74, 6) is 1.57. The Bertz CT molecular complexity index is 579. The largest absolute Gasteiger partial charge is 0.338 e. The molecule has 106 valence electrons. The van der Waals surface area contributed by atoms with Crippen molar-refractivity contribution >= 4 is 0 Å². The highest BCUT2D eigenvalue weighted by Crippen LogP contribution is 2.26. The average molecular weight is 271 g/mol. The summed E-state index contributed by atoms with van der Waals surface area (Å²) in [5, 5.41) is 4.05. The highest BCUT2D eigenvalue weighted by atomic mass is 16.5. The normalized spacial score (nSPS) is 16.9. The zero-order valence-electron chi connectivity index (χ0n) is 12.2. The van der Waals surface area contributed by atoms with Crippen LogP contribution in [-0.4, -0.2) is 21.6 Å². The first kappa shape index (κ1) is 13.3. The Kier molecular flexibility index (Phi) is 3.83. The van der Waals surface area contributed by atoms with Gasteiger partial charge in [-0.3, -0.25) is 4.90 Å². The van der Waals surface area contributed by atoms with Gasteiger partial charge < -0.3 is 4.52 Å². The Balaban J connectivity index is 1.73. The van der Waals surface area contributed by atoms with Crippen molar-refractivity contribution in [2.75, 3.05) is 6.54 Å². The second kappa shape index (κ2) is 5.75. The summed E-state index contributed by atoms with van der Waals surface area (Å²) in [6, 6.07) is 8.85. The number of aryl methyl sites for hydroxylation is 1. The molecule has 2 heterocycles. The van der Waals surface area contributed by atoms with Crippen LogP contribution in [0.5, 0.6) is 0 Å². The molecular weight excluding hydrogens is 250 g/mol. The van der Waals surface area contributed by atoms with Crippen molar-refractivity contribution in [3.8, 4) is 0 Å². The van der Waals surface area contributed by atoms with Gasteiger partial charge in [-0.2, -0.15) is 4.98 Å². The maximum atomic E-state index is 5.42. The topological polar surface area (TPSA) is 42.2 Å². The first-order valence-corrected chi connectivity index (χ1v) is 7.41. The van der Waals surface area contributed by atoms with Crippen LogP contribution in [0.25, 0.3) is 0 Å². The molecule has 0 bridgehead atoms. The molecule has 4 nitrogen and oxygen atoms in total. The summed E-state index contributed by atoms with van der Waals surface area (Å²) in [4.78, 5) is 6.92. The molecule has 0 N–H and O–H groups in total. The van der Waals surface area contributed by atoms with Crippen molar-refractivity contribution in [3.05, 3.63) is 47.1 Å². The minimum absolute atomic E-state index is 0.182. The van der Waals surface area contributed by atoms with Crippen molar-refractivity contribution in [2.45, 2.75) is 45.7 Å². The van der Waals surface area contributed by atoms with Gasteiger partial charge in [0.2, 0.25) is 5.89 Å². The molecule has 20 heavy (non-hydrogen) atoms. The fourth-order valence-corrected chi connectivity index (χ4v) is 2.77. The molecule has 0 spiro atoms. The third-order valence-electron chi connectivity index (χ3n) is 4.02. The van der Waals surface area contributed by atoms with Crippen LogP contribution in [0.2, 0.25) is 0 Å². The van der Waals surface area contributed by atoms with Crippen molar-refractivity contribution < 1.29 is 4.52 Å². The molecule has 0 aliphatic carbocycles. The molecule has 1 aliphatic heterocycles. The van der Waals surface area contributed by atoms with E-state index in [9.17, 15) is 0 Å². The molecule has 0 saturated heterocycles. The lowest BCUT2D eigenvalue weighted by atomic mass is 9.99. The standard InChI is InChI=1S/C16H21N3O/c1-3-6-15-17-16(20-18-15)12(2)19-10-9-13-7-4-5-8-14(13)11-19/h4-5,7-8,12H,3,6,9-11H2,1-2H3. The highest BCUT2D eigenvalue weighted by molar-refractivity contribution is 5.29. The number of hydrogen-bond acceptors (Lipinski definition) is 4. The van der Waals surface area contributed by atoms with E-state index >= 15 is 0 Å². The molecule has 1 unspecified atom stereocenters. The molecule has 0 amide bonds. The summed E-state index contributed by atoms with van der Waals surface area (Å²) < 4.78 is 5.42. The van der Waals surface area contributed by atoms with Gasteiger partial charge >= 0.3 is 0 Å². The van der Waals surface area contributed by atoms with E-state index in [2.05, 4.69) is 53.2 Å². The van der Waals surface area contributed by atoms with Crippen LogP contribution >= 0.6 is 0 Å². The molecule has 1 aromatic heterocycles. The molecule has 1 atom stereocenters. The molecule has 0 radical (unpaired) electrons. The number of fused-ring (bicyclic) bond motifs is 1. The summed E-state index contributed by atoms with van der Waals surface area (Å²) in [5.41, 5.74) is 2.88. The highest BCUT2D eigenvalue weighted by Gasteiger charge is 2.25. The van der Waals surface area contributed by atoms with Crippen LogP contribution in [0.4, 0.5) is 0 Å². The summed E-state index contributed by atoms with van der Waals surface area (Å²) in [6.45, 7) is 6.28. The zero-order valence-corrected chi connectivity index (χ0v) is 12.2. The summed E-state index contributed by atoms with van der Waals surface area (Å²) in [7, 11) is 0. The number of aromatic nitrogens is 2. The van der Waals surface area contributed by atoms with Crippen LogP contribution in [0, 0.1) is 0 Å². The van der Waals surface area contributed by atoms with Gasteiger partial charge in [-0.15, -0.1) is 0 Å². The molecule has 2 aromatic rings. The average Bonchev–Trinajstić information content (AvgIpc) is 2.95. The predicted octanol–water partition coefficient (Wildman–Crippen LogP) is 3.14. The minimum atomic E-state index is 0.182. The van der Waals surface area contributed by atoms with Gasteiger partial charge in [-0.1, -0.05) is 36.3 Å². The minimum Gasteiger partial charge on any atom is -0.338 e. The second-order valence-electron chi connectivity index (χ2n) is 5.46. The number of nitrogens with zero attached hydrogens (tertiary/aromatic N) is 3. The van der Waals surface area contributed by atoms with Crippen molar-refractivity contribution in [1.82, 2.24) is 15.0 Å². The van der Waals surface area contributed by atoms with Crippen molar-refractivity contribution in [2.24, 2.45) is 0 Å². The van der Waals surface area contributed by atoms with Gasteiger partial charge in [0.1, 0.15) is 0 Å². The molecule has 1 aromatic carbocycles. The van der Waals surface area contributed by atoms with E-state index < -0.39 is 0 Å². The van der Waals surface area contributed by atoms with Crippen LogP contribution in [0.3, 0.4) is 0 Å². The van der Waals surface area contributed by atoms with Gasteiger partial charge in [-0.05, 0) is 30.9 Å². The SMILES string of the molecule is CCCc1noc(C(C)N2CCc3ccccc3C2)n1. The fraction of sp³-hybridized carbons (Fsp3) is 0.500. The van der Waals surface area contributed by atoms with Crippen molar-refractivity contribution in [3.63, 3.8) is 0 Å². The van der Waals surface area contributed by atoms with Gasteiger partial charge in [-0.25, -0.2) is 0 Å². The van der Waals surface area contributed by atoms with Crippen LogP contribution in [-0.2, 0) is 19.4 Å². The van der Waals surface area contributed by atoms with E-state index in [1.807, 2.05) is 0 Å². The summed E-state index contributed by atoms with van der Waals surface area (Å²) >= 11 is 0. The van der Waals surface area contributed by atoms with Gasteiger partial charge in [0.15, 0.2) is 5.82 Å². The van der Waals surface area contributed by atoms with E-state index in [4.69, 9.17) is 4.52 Å². The number of rotatable bonds is 4. The van der Waals surface area contributed by atoms with Crippen LogP contribution in [0.1, 0.15) is 49.2 Å². The maximum absolute atomic E-state index is 5.42. The predicted molar refractivity (Wildman–Crippen MR) is 77.3 cm³/mol. The van der Waals surface area contributed by atoms with Gasteiger partial charge in [0.05, 0.1) is 6.04 Å². The smallest absolute Gasteiger partial charge is 0.243 e. The van der Waals surface area contributed by atoms with Crippen molar-refractivity contribution in [1.29, 1.82) is 0 Å². The number of hydrogen-bond donors (Lipinski definition) is 0. The maximum Gasteiger partial charge on any atom is 0.243 e. The Morgan fingerprint density at radius 2 is 2.10 bits per heavy atom. The third-order valence-corrected chi connectivity index (χ3v) is 4.02. The lowest BCUT2D eigenvalue weighted by molar-refractivity contribution is 0.158. The molecule has 3 rings (SSSR count). The first-order valence-electron chi connectivity index (χ1n) is 7.41. The first-order chi connectivity index (χ1) is 9.78. The lowest BCUT2D eigenvalue weighted by Crippen LogP contribution is -2.33. The Morgan fingerprint density at radius 1 is 1.30 bits per heavy atom. The molecule has 4 heteroatoms. The van der Waals surface area contributed by atoms with E-state index in [0.29, 0.717) is 0 Å². The lowest BCUT2D eigenvalue weighted by Gasteiger charge is -2.31. The third kappa shape index (κ3) is 2.61. The quantitative estimate of drug-likeness (QED) is 0.856. The molecular formula is C16H21N3O. The van der Waals surface area contributed by atoms with E-state index in [0.717, 1.165) is 44.1 Å².